The van der Waals surface area contributed by atoms with Crippen molar-refractivity contribution in [1.82, 2.24) is 59.9 Å². The largest absolute Gasteiger partial charge is 0.480 e. The summed E-state index contributed by atoms with van der Waals surface area (Å²) in [5.74, 6) is -2.17. The molecule has 4 aromatic heterocycles. The summed E-state index contributed by atoms with van der Waals surface area (Å²) < 4.78 is 13.6. The van der Waals surface area contributed by atoms with E-state index in [9.17, 15) is 33.9 Å². The topological polar surface area (TPSA) is 303 Å². The number of fused-ring (bicyclic) bond motifs is 2. The second-order valence-electron chi connectivity index (χ2n) is 16.5. The summed E-state index contributed by atoms with van der Waals surface area (Å²) in [6.07, 6.45) is 3.96. The van der Waals surface area contributed by atoms with Gasteiger partial charge in [-0.05, 0) is 45.7 Å². The normalized spacial score (nSPS) is 11.0. The van der Waals surface area contributed by atoms with E-state index in [-0.39, 0.29) is 39.3 Å². The van der Waals surface area contributed by atoms with Crippen LogP contribution in [0, 0.1) is 13.8 Å². The average Bonchev–Trinajstić information content (AvgIpc) is 3.91. The number of amides is 4. The number of aryl methyl sites for hydroxylation is 2. The molecule has 6 N–H and O–H groups in total. The molecule has 366 valence electrons. The van der Waals surface area contributed by atoms with Crippen molar-refractivity contribution in [2.45, 2.75) is 59.4 Å². The highest BCUT2D eigenvalue weighted by Gasteiger charge is 2.23. The van der Waals surface area contributed by atoms with E-state index < -0.39 is 60.7 Å². The van der Waals surface area contributed by atoms with Crippen LogP contribution in [0.1, 0.15) is 49.1 Å². The quantitative estimate of drug-likeness (QED) is 0.0679. The smallest absolute Gasteiger partial charge is 0.408 e. The van der Waals surface area contributed by atoms with Crippen LogP contribution in [-0.2, 0) is 41.7 Å². The number of nitrogens with one attached hydrogen (secondary N) is 4. The molecule has 0 aliphatic carbocycles. The third-order valence-corrected chi connectivity index (χ3v) is 9.84. The number of hydrogen-bond acceptors (Lipinski definition) is 16. The highest BCUT2D eigenvalue weighted by Crippen LogP contribution is 2.27. The molecule has 6 rings (SSSR count). The second-order valence-corrected chi connectivity index (χ2v) is 16.5. The lowest BCUT2D eigenvalue weighted by atomic mass is 9.99. The maximum Gasteiger partial charge on any atom is 0.408 e. The van der Waals surface area contributed by atoms with Crippen molar-refractivity contribution >= 4 is 69.6 Å². The summed E-state index contributed by atoms with van der Waals surface area (Å²) in [7, 11) is 3.41. The Bertz CT molecular complexity index is 2690. The van der Waals surface area contributed by atoms with Gasteiger partial charge in [0.1, 0.15) is 56.1 Å². The van der Waals surface area contributed by atoms with Gasteiger partial charge in [0.25, 0.3) is 0 Å². The summed E-state index contributed by atoms with van der Waals surface area (Å²) in [5.41, 5.74) is 3.94. The fourth-order valence-electron chi connectivity index (χ4n) is 6.58. The number of hydrogen-bond donors (Lipinski definition) is 6. The van der Waals surface area contributed by atoms with Crippen molar-refractivity contribution in [2.75, 3.05) is 64.0 Å². The van der Waals surface area contributed by atoms with Gasteiger partial charge in [0.15, 0.2) is 17.4 Å². The summed E-state index contributed by atoms with van der Waals surface area (Å²) in [5, 5.41) is 39.2. The Morgan fingerprint density at radius 2 is 1.04 bits per heavy atom. The van der Waals surface area contributed by atoms with E-state index in [0.29, 0.717) is 33.7 Å². The van der Waals surface area contributed by atoms with E-state index in [1.54, 1.807) is 47.3 Å². The van der Waals surface area contributed by atoms with Crippen molar-refractivity contribution in [2.24, 2.45) is 0 Å². The van der Waals surface area contributed by atoms with Gasteiger partial charge in [-0.1, -0.05) is 59.7 Å². The Labute approximate surface area is 396 Å². The number of benzene rings is 2. The molecule has 0 saturated carbocycles. The van der Waals surface area contributed by atoms with Gasteiger partial charge in [-0.25, -0.2) is 29.5 Å². The maximum absolute atomic E-state index is 13.0. The maximum atomic E-state index is 13.0. The number of ether oxygens (including phenoxy) is 2. The number of aromatic nitrogens is 8. The van der Waals surface area contributed by atoms with Crippen LogP contribution in [0.3, 0.4) is 0 Å². The predicted molar refractivity (Wildman–Crippen MR) is 251 cm³/mol. The van der Waals surface area contributed by atoms with Crippen LogP contribution < -0.4 is 21.3 Å². The molecule has 24 nitrogen and oxygen atoms in total. The van der Waals surface area contributed by atoms with E-state index in [4.69, 9.17) is 14.6 Å². The summed E-state index contributed by atoms with van der Waals surface area (Å²) in [6, 6.07) is 15.4. The number of carbonyl (C=O) groups is 6. The molecule has 0 fully saturated rings. The number of carboxylic acid groups (broad SMARTS) is 2. The van der Waals surface area contributed by atoms with E-state index in [1.165, 1.54) is 22.0 Å². The Morgan fingerprint density at radius 3 is 1.42 bits per heavy atom. The molecule has 0 bridgehead atoms. The zero-order valence-corrected chi connectivity index (χ0v) is 39.3. The minimum atomic E-state index is -1.18. The Balaban J connectivity index is 0.000000272. The van der Waals surface area contributed by atoms with Gasteiger partial charge in [-0.15, -0.1) is 0 Å². The number of rotatable bonds is 19. The Morgan fingerprint density at radius 1 is 0.638 bits per heavy atom. The average molecular weight is 953 g/mol. The molecule has 0 aliphatic rings. The lowest BCUT2D eigenvalue weighted by Gasteiger charge is -2.22. The lowest BCUT2D eigenvalue weighted by Crippen LogP contribution is -2.43. The van der Waals surface area contributed by atoms with Crippen molar-refractivity contribution < 1.29 is 48.5 Å². The zero-order valence-electron chi connectivity index (χ0n) is 39.3. The lowest BCUT2D eigenvalue weighted by molar-refractivity contribution is -0.144. The fraction of sp³-hybridized carbons (Fsp3) is 0.378. The van der Waals surface area contributed by atoms with E-state index in [1.807, 2.05) is 62.4 Å². The highest BCUT2D eigenvalue weighted by molar-refractivity contribution is 5.88. The Kier molecular flexibility index (Phi) is 17.8. The second kappa shape index (κ2) is 23.8. The molecule has 6 aromatic rings. The predicted octanol–water partition coefficient (Wildman–Crippen LogP) is 3.22. The number of aliphatic carboxylic acids is 2. The number of nitrogens with zero attached hydrogens (tertiary/aromatic N) is 10. The highest BCUT2D eigenvalue weighted by atomic mass is 16.6. The van der Waals surface area contributed by atoms with Crippen molar-refractivity contribution in [3.8, 4) is 0 Å². The number of alkyl carbamates (subject to hydrolysis) is 2. The fourth-order valence-corrected chi connectivity index (χ4v) is 6.58. The summed E-state index contributed by atoms with van der Waals surface area (Å²) in [6.45, 7) is 7.71. The summed E-state index contributed by atoms with van der Waals surface area (Å²) >= 11 is 0. The van der Waals surface area contributed by atoms with Crippen LogP contribution in [-0.4, -0.2) is 154 Å². The van der Waals surface area contributed by atoms with Gasteiger partial charge >= 0.3 is 24.1 Å². The van der Waals surface area contributed by atoms with Gasteiger partial charge in [0.2, 0.25) is 11.8 Å². The van der Waals surface area contributed by atoms with Crippen molar-refractivity contribution in [3.63, 3.8) is 0 Å². The molecule has 2 aromatic carbocycles. The Hall–Kier alpha value is -8.44. The monoisotopic (exact) mass is 952 g/mol. The first-order valence-corrected chi connectivity index (χ1v) is 21.6. The first-order valence-electron chi connectivity index (χ1n) is 21.6. The van der Waals surface area contributed by atoms with Crippen LogP contribution in [0.2, 0.25) is 0 Å². The van der Waals surface area contributed by atoms with E-state index in [2.05, 4.69) is 51.4 Å². The van der Waals surface area contributed by atoms with Gasteiger partial charge in [-0.2, -0.15) is 10.2 Å². The van der Waals surface area contributed by atoms with Gasteiger partial charge < -0.3 is 50.8 Å². The van der Waals surface area contributed by atoms with Crippen molar-refractivity contribution in [1.29, 1.82) is 0 Å². The third-order valence-electron chi connectivity index (χ3n) is 9.84. The number of anilines is 2. The summed E-state index contributed by atoms with van der Waals surface area (Å²) in [4.78, 5) is 91.2. The van der Waals surface area contributed by atoms with Gasteiger partial charge in [-0.3, -0.25) is 28.5 Å². The van der Waals surface area contributed by atoms with Crippen molar-refractivity contribution in [3.05, 3.63) is 95.8 Å². The SMILES string of the molecule is CNc1ncnc2nn(CC(=O)N(CCNC(=O)OC(C)(C)C)CC(=O)O)cc12.CNc1ncnc2nn(CC(=O)N(CCNC(=O)OC(c3ccc(C)cc3)c3ccc(C)cc3)CC(=O)O)cc12. The molecule has 69 heavy (non-hydrogen) atoms. The van der Waals surface area contributed by atoms with Gasteiger partial charge in [0.05, 0.1) is 10.8 Å². The third kappa shape index (κ3) is 15.6. The molecule has 0 unspecified atom stereocenters. The van der Waals surface area contributed by atoms with Crippen LogP contribution in [0.15, 0.2) is 73.6 Å². The van der Waals surface area contributed by atoms with E-state index >= 15 is 0 Å². The standard InChI is InChI=1S/C28H31N7O5.C17H25N7O5/c1-18-4-8-20(9-5-18)25(21-10-6-19(2)7-11-21)40-28(39)30-12-13-34(16-24(37)38)23(36)15-35-14-22-26(29-3)31-17-32-27(22)33-35;1-17(2,3)29-16(28)19-5-6-23(9-13(26)27)12(25)8-24-7-11-14(18-4)20-10-21-15(11)22-24/h4-11,14,17,25H,12-13,15-16H2,1-3H3,(H,30,39)(H,37,38)(H,29,31,32,33);7,10H,5-6,8-9H2,1-4H3,(H,19,28)(H,26,27)(H,18,20,21,22). The number of carboxylic acids is 2. The van der Waals surface area contributed by atoms with Crippen LogP contribution in [0.4, 0.5) is 21.2 Å². The molecule has 4 heterocycles. The minimum Gasteiger partial charge on any atom is -0.480 e. The molecular weight excluding hydrogens is 897 g/mol. The molecule has 4 amide bonds. The molecule has 24 heteroatoms. The van der Waals surface area contributed by atoms with Crippen LogP contribution in [0.25, 0.3) is 22.1 Å². The molecule has 0 spiro atoms. The first kappa shape index (κ1) is 51.5. The van der Waals surface area contributed by atoms with Crippen LogP contribution >= 0.6 is 0 Å². The molecule has 0 atom stereocenters. The molecule has 0 saturated heterocycles. The number of carbonyl (C=O) groups excluding carboxylic acids is 4. The minimum absolute atomic E-state index is 0.00668. The molecular formula is C45H56N14O10. The zero-order chi connectivity index (χ0) is 50.3. The molecule has 0 radical (unpaired) electrons. The van der Waals surface area contributed by atoms with Gasteiger partial charge in [0, 0.05) is 52.7 Å². The molecule has 0 aliphatic heterocycles. The first-order chi connectivity index (χ1) is 32.8. The van der Waals surface area contributed by atoms with Crippen LogP contribution in [0.5, 0.6) is 0 Å². The van der Waals surface area contributed by atoms with E-state index in [0.717, 1.165) is 32.1 Å².